The van der Waals surface area contributed by atoms with Gasteiger partial charge >= 0.3 is 0 Å². The van der Waals surface area contributed by atoms with Crippen molar-refractivity contribution in [2.45, 2.75) is 13.5 Å². The molecule has 2 N–H and O–H groups in total. The first-order valence-electron chi connectivity index (χ1n) is 5.50. The van der Waals surface area contributed by atoms with Crippen LogP contribution in [0.3, 0.4) is 0 Å². The molecule has 1 amide bonds. The molecule has 18 heavy (non-hydrogen) atoms. The largest absolute Gasteiger partial charge is 0.364 e. The summed E-state index contributed by atoms with van der Waals surface area (Å²) in [5.41, 5.74) is 1.49. The molecule has 0 atom stereocenters. The average Bonchev–Trinajstić information content (AvgIpc) is 2.81. The number of aromatic nitrogens is 3. The molecule has 6 heteroatoms. The number of nitrogens with zero attached hydrogens (tertiary/aromatic N) is 2. The van der Waals surface area contributed by atoms with Crippen molar-refractivity contribution in [1.29, 1.82) is 0 Å². The van der Waals surface area contributed by atoms with Crippen molar-refractivity contribution in [1.82, 2.24) is 20.1 Å². The van der Waals surface area contributed by atoms with Gasteiger partial charge in [0.15, 0.2) is 5.43 Å². The molecular weight excluding hydrogens is 232 g/mol. The van der Waals surface area contributed by atoms with Crippen molar-refractivity contribution in [3.05, 3.63) is 51.7 Å². The number of pyridine rings is 1. The van der Waals surface area contributed by atoms with E-state index >= 15 is 0 Å². The normalized spacial score (nSPS) is 10.3. The second-order valence-electron chi connectivity index (χ2n) is 4.16. The molecule has 0 radical (unpaired) electrons. The van der Waals surface area contributed by atoms with Crippen LogP contribution in [0.4, 0.5) is 0 Å². The molecule has 0 fully saturated rings. The predicted molar refractivity (Wildman–Crippen MR) is 66.2 cm³/mol. The number of H-pyrrole nitrogens is 2. The quantitative estimate of drug-likeness (QED) is 0.835. The number of hydrogen-bond donors (Lipinski definition) is 2. The zero-order chi connectivity index (χ0) is 13.1. The monoisotopic (exact) mass is 246 g/mol. The van der Waals surface area contributed by atoms with Gasteiger partial charge in [-0.3, -0.25) is 14.7 Å². The van der Waals surface area contributed by atoms with E-state index in [1.807, 2.05) is 0 Å². The highest BCUT2D eigenvalue weighted by atomic mass is 16.2. The minimum atomic E-state index is -0.308. The summed E-state index contributed by atoms with van der Waals surface area (Å²) in [5, 5.41) is 6.48. The Balaban J connectivity index is 2.18. The summed E-state index contributed by atoms with van der Waals surface area (Å²) < 4.78 is 0. The number of aryl methyl sites for hydroxylation is 1. The standard InChI is InChI=1S/C12H14N4O2/c1-8-3-11(17)10(6-13-8)12(18)16(2)7-9-4-14-15-5-9/h3-6H,7H2,1-2H3,(H,13,17)(H,14,15). The topological polar surface area (TPSA) is 81.8 Å². The first-order valence-corrected chi connectivity index (χ1v) is 5.50. The Kier molecular flexibility index (Phi) is 3.27. The summed E-state index contributed by atoms with van der Waals surface area (Å²) in [5.74, 6) is -0.308. The molecule has 0 aromatic carbocycles. The molecule has 0 aliphatic rings. The molecular formula is C12H14N4O2. The van der Waals surface area contributed by atoms with Crippen molar-refractivity contribution in [3.63, 3.8) is 0 Å². The van der Waals surface area contributed by atoms with Gasteiger partial charge in [0.05, 0.1) is 6.20 Å². The van der Waals surface area contributed by atoms with Gasteiger partial charge in [-0.25, -0.2) is 0 Å². The highest BCUT2D eigenvalue weighted by Crippen LogP contribution is 2.04. The first kappa shape index (κ1) is 12.1. The van der Waals surface area contributed by atoms with Gasteiger partial charge in [0, 0.05) is 43.3 Å². The van der Waals surface area contributed by atoms with Crippen molar-refractivity contribution in [2.75, 3.05) is 7.05 Å². The lowest BCUT2D eigenvalue weighted by molar-refractivity contribution is 0.0783. The average molecular weight is 246 g/mol. The van der Waals surface area contributed by atoms with E-state index in [4.69, 9.17) is 0 Å². The third-order valence-electron chi connectivity index (χ3n) is 2.61. The van der Waals surface area contributed by atoms with Gasteiger partial charge in [0.2, 0.25) is 0 Å². The van der Waals surface area contributed by atoms with Gasteiger partial charge in [-0.1, -0.05) is 0 Å². The Morgan fingerprint density at radius 3 is 2.83 bits per heavy atom. The molecule has 0 saturated heterocycles. The van der Waals surface area contributed by atoms with Crippen LogP contribution in [0.15, 0.2) is 29.5 Å². The van der Waals surface area contributed by atoms with E-state index in [9.17, 15) is 9.59 Å². The molecule has 0 bridgehead atoms. The molecule has 94 valence electrons. The van der Waals surface area contributed by atoms with Gasteiger partial charge in [-0.05, 0) is 6.92 Å². The Morgan fingerprint density at radius 1 is 1.44 bits per heavy atom. The van der Waals surface area contributed by atoms with Gasteiger partial charge in [0.25, 0.3) is 5.91 Å². The molecule has 0 spiro atoms. The maximum atomic E-state index is 12.1. The molecule has 2 rings (SSSR count). The number of amides is 1. The van der Waals surface area contributed by atoms with E-state index in [2.05, 4.69) is 15.2 Å². The fraction of sp³-hybridized carbons (Fsp3) is 0.250. The highest BCUT2D eigenvalue weighted by molar-refractivity contribution is 5.93. The lowest BCUT2D eigenvalue weighted by Gasteiger charge is -2.15. The van der Waals surface area contributed by atoms with E-state index < -0.39 is 0 Å². The van der Waals surface area contributed by atoms with Crippen molar-refractivity contribution in [3.8, 4) is 0 Å². The van der Waals surface area contributed by atoms with Gasteiger partial charge in [0.1, 0.15) is 5.56 Å². The maximum absolute atomic E-state index is 12.1. The first-order chi connectivity index (χ1) is 8.58. The van der Waals surface area contributed by atoms with E-state index in [1.165, 1.54) is 17.2 Å². The van der Waals surface area contributed by atoms with E-state index in [0.29, 0.717) is 6.54 Å². The predicted octanol–water partition coefficient (Wildman–Crippen LogP) is 0.679. The molecule has 6 nitrogen and oxygen atoms in total. The van der Waals surface area contributed by atoms with Crippen LogP contribution >= 0.6 is 0 Å². The Labute approximate surface area is 104 Å². The summed E-state index contributed by atoms with van der Waals surface area (Å²) >= 11 is 0. The molecule has 0 saturated carbocycles. The number of hydrogen-bond acceptors (Lipinski definition) is 3. The van der Waals surface area contributed by atoms with Gasteiger partial charge < -0.3 is 9.88 Å². The third kappa shape index (κ3) is 2.48. The van der Waals surface area contributed by atoms with Crippen LogP contribution in [0.1, 0.15) is 21.6 Å². The molecule has 0 unspecified atom stereocenters. The number of carbonyl (C=O) groups excluding carboxylic acids is 1. The van der Waals surface area contributed by atoms with Crippen LogP contribution in [0.2, 0.25) is 0 Å². The van der Waals surface area contributed by atoms with Crippen molar-refractivity contribution >= 4 is 5.91 Å². The number of carbonyl (C=O) groups is 1. The second kappa shape index (κ2) is 4.87. The van der Waals surface area contributed by atoms with Gasteiger partial charge in [-0.2, -0.15) is 5.10 Å². The summed E-state index contributed by atoms with van der Waals surface area (Å²) in [4.78, 5) is 28.1. The smallest absolute Gasteiger partial charge is 0.259 e. The SMILES string of the molecule is Cc1cc(=O)c(C(=O)N(C)Cc2cn[nH]c2)c[nH]1. The van der Waals surface area contributed by atoms with Gasteiger partial charge in [-0.15, -0.1) is 0 Å². The van der Waals surface area contributed by atoms with Crippen LogP contribution in [-0.4, -0.2) is 33.0 Å². The van der Waals surface area contributed by atoms with E-state index in [1.54, 1.807) is 26.4 Å². The minimum absolute atomic E-state index is 0.145. The lowest BCUT2D eigenvalue weighted by atomic mass is 10.2. The van der Waals surface area contributed by atoms with E-state index in [-0.39, 0.29) is 16.9 Å². The van der Waals surface area contributed by atoms with Crippen LogP contribution in [0.5, 0.6) is 0 Å². The lowest BCUT2D eigenvalue weighted by Crippen LogP contribution is -2.30. The second-order valence-corrected chi connectivity index (χ2v) is 4.16. The number of rotatable bonds is 3. The minimum Gasteiger partial charge on any atom is -0.364 e. The highest BCUT2D eigenvalue weighted by Gasteiger charge is 2.15. The fourth-order valence-corrected chi connectivity index (χ4v) is 1.66. The van der Waals surface area contributed by atoms with E-state index in [0.717, 1.165) is 11.3 Å². The summed E-state index contributed by atoms with van der Waals surface area (Å²) in [6.07, 6.45) is 4.80. The summed E-state index contributed by atoms with van der Waals surface area (Å²) in [6, 6.07) is 1.42. The van der Waals surface area contributed by atoms with Crippen LogP contribution in [0, 0.1) is 6.92 Å². The van der Waals surface area contributed by atoms with Crippen molar-refractivity contribution < 1.29 is 4.79 Å². The maximum Gasteiger partial charge on any atom is 0.259 e. The molecule has 2 aromatic heterocycles. The molecule has 0 aliphatic carbocycles. The summed E-state index contributed by atoms with van der Waals surface area (Å²) in [7, 11) is 1.65. The van der Waals surface area contributed by atoms with Crippen LogP contribution in [0.25, 0.3) is 0 Å². The number of nitrogens with one attached hydrogen (secondary N) is 2. The third-order valence-corrected chi connectivity index (χ3v) is 2.61. The van der Waals surface area contributed by atoms with Crippen LogP contribution < -0.4 is 5.43 Å². The zero-order valence-corrected chi connectivity index (χ0v) is 10.2. The molecule has 0 aliphatic heterocycles. The zero-order valence-electron chi connectivity index (χ0n) is 10.2. The Morgan fingerprint density at radius 2 is 2.22 bits per heavy atom. The molecule has 2 heterocycles. The Bertz CT molecular complexity index is 601. The summed E-state index contributed by atoms with van der Waals surface area (Å²) in [6.45, 7) is 2.17. The van der Waals surface area contributed by atoms with Crippen LogP contribution in [-0.2, 0) is 6.54 Å². The molecule has 2 aromatic rings. The fourth-order valence-electron chi connectivity index (χ4n) is 1.66. The number of aromatic amines is 2. The van der Waals surface area contributed by atoms with Crippen molar-refractivity contribution in [2.24, 2.45) is 0 Å². The Hall–Kier alpha value is -2.37.